The summed E-state index contributed by atoms with van der Waals surface area (Å²) < 4.78 is 8.39. The first-order chi connectivity index (χ1) is 12.6. The molecule has 1 amide bonds. The summed E-state index contributed by atoms with van der Waals surface area (Å²) in [5.74, 6) is -0.994. The third-order valence-electron chi connectivity index (χ3n) is 3.62. The van der Waals surface area contributed by atoms with Crippen molar-refractivity contribution in [2.45, 2.75) is 0 Å². The van der Waals surface area contributed by atoms with Crippen molar-refractivity contribution in [1.29, 1.82) is 0 Å². The van der Waals surface area contributed by atoms with Gasteiger partial charge in [-0.05, 0) is 24.3 Å². The molecule has 0 aliphatic carbocycles. The van der Waals surface area contributed by atoms with Crippen molar-refractivity contribution in [3.05, 3.63) is 58.7 Å². The molecular formula is C18H11ClN2O3S2. The van der Waals surface area contributed by atoms with Gasteiger partial charge in [0, 0.05) is 21.0 Å². The van der Waals surface area contributed by atoms with Gasteiger partial charge in [-0.3, -0.25) is 4.79 Å². The average molecular weight is 403 g/mol. The van der Waals surface area contributed by atoms with Crippen LogP contribution in [0.5, 0.6) is 0 Å². The van der Waals surface area contributed by atoms with Gasteiger partial charge in [-0.2, -0.15) is 0 Å². The average Bonchev–Trinajstić information content (AvgIpc) is 3.19. The maximum absolute atomic E-state index is 12.2. The molecule has 4 rings (SSSR count). The number of amides is 1. The van der Waals surface area contributed by atoms with Crippen molar-refractivity contribution in [3.63, 3.8) is 0 Å². The Kier molecular flexibility index (Phi) is 4.58. The predicted octanol–water partition coefficient (Wildman–Crippen LogP) is 4.96. The Morgan fingerprint density at radius 1 is 1.12 bits per heavy atom. The number of nitrogens with one attached hydrogen (secondary N) is 1. The maximum atomic E-state index is 12.2. The van der Waals surface area contributed by atoms with E-state index in [4.69, 9.17) is 16.3 Å². The Bertz CT molecular complexity index is 1140. The van der Waals surface area contributed by atoms with E-state index in [1.807, 2.05) is 24.3 Å². The lowest BCUT2D eigenvalue weighted by Gasteiger charge is -2.06. The molecule has 3 heterocycles. The Hall–Kier alpha value is -2.48. The summed E-state index contributed by atoms with van der Waals surface area (Å²) >= 11 is 8.88. The molecule has 0 fully saturated rings. The normalized spacial score (nSPS) is 11.0. The third-order valence-corrected chi connectivity index (χ3v) is 6.31. The van der Waals surface area contributed by atoms with Gasteiger partial charge >= 0.3 is 5.97 Å². The standard InChI is InChI=1S/C18H11ClN2O3S2/c19-17-11(5-3-7-20-17)21-15(22)9-24-18(23)14-8-13-16(26-14)10-4-1-2-6-12(10)25-13/h1-8H,9H2,(H,21,22). The fourth-order valence-electron chi connectivity index (χ4n) is 2.47. The van der Waals surface area contributed by atoms with Crippen LogP contribution in [0.3, 0.4) is 0 Å². The number of halogens is 1. The first-order valence-electron chi connectivity index (χ1n) is 7.60. The lowest BCUT2D eigenvalue weighted by molar-refractivity contribution is -0.119. The summed E-state index contributed by atoms with van der Waals surface area (Å²) in [6.45, 7) is -0.393. The molecule has 26 heavy (non-hydrogen) atoms. The molecule has 1 aromatic carbocycles. The Balaban J connectivity index is 1.44. The van der Waals surface area contributed by atoms with E-state index in [9.17, 15) is 9.59 Å². The van der Waals surface area contributed by atoms with Gasteiger partial charge < -0.3 is 10.1 Å². The summed E-state index contributed by atoms with van der Waals surface area (Å²) in [4.78, 5) is 28.5. The van der Waals surface area contributed by atoms with Crippen LogP contribution in [0.4, 0.5) is 5.69 Å². The number of fused-ring (bicyclic) bond motifs is 3. The smallest absolute Gasteiger partial charge is 0.348 e. The second kappa shape index (κ2) is 7.03. The highest BCUT2D eigenvalue weighted by atomic mass is 35.5. The van der Waals surface area contributed by atoms with Gasteiger partial charge in [0.15, 0.2) is 11.8 Å². The fourth-order valence-corrected chi connectivity index (χ4v) is 5.05. The number of thiophene rings is 2. The molecule has 0 saturated heterocycles. The molecule has 1 N–H and O–H groups in total. The van der Waals surface area contributed by atoms with E-state index in [2.05, 4.69) is 16.4 Å². The summed E-state index contributed by atoms with van der Waals surface area (Å²) in [5.41, 5.74) is 0.373. The molecule has 0 unspecified atom stereocenters. The van der Waals surface area contributed by atoms with E-state index >= 15 is 0 Å². The molecule has 4 aromatic rings. The van der Waals surface area contributed by atoms with Gasteiger partial charge in [0.25, 0.3) is 5.91 Å². The number of benzene rings is 1. The maximum Gasteiger partial charge on any atom is 0.348 e. The van der Waals surface area contributed by atoms with Gasteiger partial charge in [-0.1, -0.05) is 29.8 Å². The van der Waals surface area contributed by atoms with Crippen molar-refractivity contribution in [3.8, 4) is 0 Å². The lowest BCUT2D eigenvalue weighted by atomic mass is 10.2. The van der Waals surface area contributed by atoms with Crippen LogP contribution in [0, 0.1) is 0 Å². The summed E-state index contributed by atoms with van der Waals surface area (Å²) in [7, 11) is 0. The van der Waals surface area contributed by atoms with Crippen LogP contribution in [0.15, 0.2) is 48.7 Å². The minimum Gasteiger partial charge on any atom is -0.451 e. The van der Waals surface area contributed by atoms with Gasteiger partial charge in [-0.15, -0.1) is 22.7 Å². The molecule has 130 valence electrons. The quantitative estimate of drug-likeness (QED) is 0.387. The van der Waals surface area contributed by atoms with Crippen molar-refractivity contribution in [2.24, 2.45) is 0 Å². The number of carbonyl (C=O) groups is 2. The first-order valence-corrected chi connectivity index (χ1v) is 9.61. The summed E-state index contributed by atoms with van der Waals surface area (Å²) in [5, 5.41) is 3.86. The van der Waals surface area contributed by atoms with Gasteiger partial charge in [0.05, 0.1) is 10.4 Å². The predicted molar refractivity (Wildman–Crippen MR) is 105 cm³/mol. The van der Waals surface area contributed by atoms with Crippen LogP contribution < -0.4 is 5.32 Å². The molecule has 0 bridgehead atoms. The number of nitrogens with zero attached hydrogens (tertiary/aromatic N) is 1. The third kappa shape index (κ3) is 3.29. The second-order valence-electron chi connectivity index (χ2n) is 5.37. The Labute approximate surface area is 161 Å². The first kappa shape index (κ1) is 17.0. The number of anilines is 1. The molecule has 5 nitrogen and oxygen atoms in total. The molecule has 0 aliphatic heterocycles. The number of hydrogen-bond donors (Lipinski definition) is 1. The minimum atomic E-state index is -0.519. The van der Waals surface area contributed by atoms with E-state index in [0.29, 0.717) is 10.6 Å². The van der Waals surface area contributed by atoms with Crippen molar-refractivity contribution in [1.82, 2.24) is 4.98 Å². The van der Waals surface area contributed by atoms with Crippen LogP contribution in [-0.4, -0.2) is 23.5 Å². The Morgan fingerprint density at radius 2 is 1.96 bits per heavy atom. The molecule has 0 atom stereocenters. The minimum absolute atomic E-state index is 0.178. The summed E-state index contributed by atoms with van der Waals surface area (Å²) in [6, 6.07) is 13.1. The monoisotopic (exact) mass is 402 g/mol. The van der Waals surface area contributed by atoms with E-state index < -0.39 is 18.5 Å². The van der Waals surface area contributed by atoms with Gasteiger partial charge in [0.1, 0.15) is 4.88 Å². The van der Waals surface area contributed by atoms with Crippen molar-refractivity contribution >= 4 is 71.3 Å². The molecule has 8 heteroatoms. The van der Waals surface area contributed by atoms with Crippen molar-refractivity contribution in [2.75, 3.05) is 11.9 Å². The number of hydrogen-bond acceptors (Lipinski definition) is 6. The zero-order valence-corrected chi connectivity index (χ0v) is 15.6. The topological polar surface area (TPSA) is 68.3 Å². The largest absolute Gasteiger partial charge is 0.451 e. The number of ether oxygens (including phenoxy) is 1. The number of carbonyl (C=O) groups excluding carboxylic acids is 2. The molecule has 0 spiro atoms. The van der Waals surface area contributed by atoms with Crippen LogP contribution in [0.25, 0.3) is 19.5 Å². The number of rotatable bonds is 4. The Morgan fingerprint density at radius 3 is 2.81 bits per heavy atom. The van der Waals surface area contributed by atoms with E-state index in [1.54, 1.807) is 23.5 Å². The zero-order valence-electron chi connectivity index (χ0n) is 13.2. The lowest BCUT2D eigenvalue weighted by Crippen LogP contribution is -2.20. The highest BCUT2D eigenvalue weighted by Crippen LogP contribution is 2.39. The summed E-state index contributed by atoms with van der Waals surface area (Å²) in [6.07, 6.45) is 1.52. The number of esters is 1. The van der Waals surface area contributed by atoms with Crippen LogP contribution in [0.2, 0.25) is 5.15 Å². The molecule has 0 aliphatic rings. The van der Waals surface area contributed by atoms with Crippen molar-refractivity contribution < 1.29 is 14.3 Å². The number of pyridine rings is 1. The number of aromatic nitrogens is 1. The van der Waals surface area contributed by atoms with Gasteiger partial charge in [0.2, 0.25) is 0 Å². The molecule has 3 aromatic heterocycles. The SMILES string of the molecule is O=C(COC(=O)c1cc2sc3ccccc3c2s1)Nc1cccnc1Cl. The van der Waals surface area contributed by atoms with Crippen LogP contribution >= 0.6 is 34.3 Å². The second-order valence-corrected chi connectivity index (χ2v) is 7.86. The van der Waals surface area contributed by atoms with Crippen LogP contribution in [-0.2, 0) is 9.53 Å². The highest BCUT2D eigenvalue weighted by Gasteiger charge is 2.17. The van der Waals surface area contributed by atoms with E-state index in [1.165, 1.54) is 22.2 Å². The molecule has 0 radical (unpaired) electrons. The molecular weight excluding hydrogens is 392 g/mol. The van der Waals surface area contributed by atoms with Gasteiger partial charge in [-0.25, -0.2) is 9.78 Å². The highest BCUT2D eigenvalue weighted by molar-refractivity contribution is 7.33. The van der Waals surface area contributed by atoms with E-state index in [0.717, 1.165) is 14.8 Å². The zero-order chi connectivity index (χ0) is 18.1. The van der Waals surface area contributed by atoms with Crippen LogP contribution in [0.1, 0.15) is 9.67 Å². The van der Waals surface area contributed by atoms with E-state index in [-0.39, 0.29) is 5.15 Å². The molecule has 0 saturated carbocycles. The fraction of sp³-hybridized carbons (Fsp3) is 0.0556.